The number of rotatable bonds is 4. The highest BCUT2D eigenvalue weighted by atomic mass is 35.5. The number of ketones is 2. The summed E-state index contributed by atoms with van der Waals surface area (Å²) in [5, 5.41) is 0. The Morgan fingerprint density at radius 2 is 2.11 bits per heavy atom. The van der Waals surface area contributed by atoms with Gasteiger partial charge in [0.15, 0.2) is 0 Å². The SMILES string of the molecule is CC1(C)C2CCC1(COC(=O)CCCl)C(=O)C2=O. The molecule has 0 heterocycles. The fraction of sp³-hybridized carbons (Fsp3) is 0.769. The van der Waals surface area contributed by atoms with Crippen molar-refractivity contribution in [2.24, 2.45) is 16.7 Å². The van der Waals surface area contributed by atoms with E-state index >= 15 is 0 Å². The molecule has 0 aromatic carbocycles. The average molecular weight is 273 g/mol. The van der Waals surface area contributed by atoms with Crippen molar-refractivity contribution in [2.75, 3.05) is 12.5 Å². The van der Waals surface area contributed by atoms with E-state index in [1.807, 2.05) is 13.8 Å². The third-order valence-corrected chi connectivity index (χ3v) is 4.91. The van der Waals surface area contributed by atoms with Crippen LogP contribution >= 0.6 is 11.6 Å². The van der Waals surface area contributed by atoms with Gasteiger partial charge >= 0.3 is 5.97 Å². The maximum Gasteiger partial charge on any atom is 0.307 e. The molecule has 2 bridgehead atoms. The van der Waals surface area contributed by atoms with Crippen LogP contribution in [-0.2, 0) is 19.1 Å². The lowest BCUT2D eigenvalue weighted by atomic mass is 9.69. The van der Waals surface area contributed by atoms with Crippen molar-refractivity contribution in [1.29, 1.82) is 0 Å². The first-order valence-electron chi connectivity index (χ1n) is 6.17. The van der Waals surface area contributed by atoms with Crippen molar-refractivity contribution >= 4 is 29.1 Å². The quantitative estimate of drug-likeness (QED) is 0.444. The molecular weight excluding hydrogens is 256 g/mol. The van der Waals surface area contributed by atoms with Gasteiger partial charge in [-0.05, 0) is 18.3 Å². The topological polar surface area (TPSA) is 60.4 Å². The minimum absolute atomic E-state index is 0.0107. The predicted octanol–water partition coefficient (Wildman–Crippen LogP) is 1.73. The number of hydrogen-bond donors (Lipinski definition) is 0. The zero-order chi connectivity index (χ0) is 13.6. The second-order valence-corrected chi connectivity index (χ2v) is 6.07. The fourth-order valence-corrected chi connectivity index (χ4v) is 3.50. The van der Waals surface area contributed by atoms with E-state index in [1.54, 1.807) is 0 Å². The zero-order valence-corrected chi connectivity index (χ0v) is 11.4. The number of halogens is 1. The number of esters is 1. The molecule has 2 fully saturated rings. The summed E-state index contributed by atoms with van der Waals surface area (Å²) in [6.07, 6.45) is 1.47. The van der Waals surface area contributed by atoms with Crippen LogP contribution in [0, 0.1) is 16.7 Å². The van der Waals surface area contributed by atoms with E-state index in [0.717, 1.165) is 0 Å². The molecule has 2 rings (SSSR count). The highest BCUT2D eigenvalue weighted by molar-refractivity contribution is 6.43. The zero-order valence-electron chi connectivity index (χ0n) is 10.6. The van der Waals surface area contributed by atoms with E-state index in [9.17, 15) is 14.4 Å². The highest BCUT2D eigenvalue weighted by Gasteiger charge is 2.69. The van der Waals surface area contributed by atoms with Crippen molar-refractivity contribution in [1.82, 2.24) is 0 Å². The number of fused-ring (bicyclic) bond motifs is 2. The summed E-state index contributed by atoms with van der Waals surface area (Å²) in [7, 11) is 0. The summed E-state index contributed by atoms with van der Waals surface area (Å²) in [6.45, 7) is 3.85. The Labute approximate surface area is 111 Å². The molecule has 2 saturated carbocycles. The van der Waals surface area contributed by atoms with E-state index in [4.69, 9.17) is 16.3 Å². The van der Waals surface area contributed by atoms with Gasteiger partial charge in [-0.2, -0.15) is 0 Å². The van der Waals surface area contributed by atoms with Gasteiger partial charge in [0.1, 0.15) is 6.61 Å². The molecule has 2 unspecified atom stereocenters. The first-order chi connectivity index (χ1) is 8.37. The van der Waals surface area contributed by atoms with Crippen molar-refractivity contribution < 1.29 is 19.1 Å². The van der Waals surface area contributed by atoms with Crippen LogP contribution in [-0.4, -0.2) is 30.0 Å². The minimum Gasteiger partial charge on any atom is -0.465 e. The van der Waals surface area contributed by atoms with Crippen molar-refractivity contribution in [3.05, 3.63) is 0 Å². The van der Waals surface area contributed by atoms with Gasteiger partial charge in [-0.15, -0.1) is 11.6 Å². The van der Waals surface area contributed by atoms with Gasteiger partial charge in [0.2, 0.25) is 11.6 Å². The standard InChI is InChI=1S/C13H17ClO4/c1-12(2)8-3-5-13(12,11(17)10(8)16)7-18-9(15)4-6-14/h8H,3-7H2,1-2H3. The molecule has 100 valence electrons. The molecule has 0 radical (unpaired) electrons. The van der Waals surface area contributed by atoms with Crippen LogP contribution in [0.5, 0.6) is 0 Å². The van der Waals surface area contributed by atoms with E-state index in [2.05, 4.69) is 0 Å². The van der Waals surface area contributed by atoms with E-state index in [-0.39, 0.29) is 36.4 Å². The Morgan fingerprint density at radius 1 is 1.44 bits per heavy atom. The molecule has 0 aromatic rings. The molecular formula is C13H17ClO4. The van der Waals surface area contributed by atoms with Gasteiger partial charge in [0.05, 0.1) is 11.8 Å². The van der Waals surface area contributed by atoms with Crippen LogP contribution in [0.25, 0.3) is 0 Å². The molecule has 2 atom stereocenters. The fourth-order valence-electron chi connectivity index (χ4n) is 3.34. The number of carbonyl (C=O) groups excluding carboxylic acids is 3. The molecule has 4 nitrogen and oxygen atoms in total. The summed E-state index contributed by atoms with van der Waals surface area (Å²) < 4.78 is 5.15. The third kappa shape index (κ3) is 1.62. The van der Waals surface area contributed by atoms with Crippen molar-refractivity contribution in [3.63, 3.8) is 0 Å². The number of Topliss-reactive ketones (excluding diaryl/α,β-unsaturated/α-hetero) is 2. The maximum atomic E-state index is 12.1. The highest BCUT2D eigenvalue weighted by Crippen LogP contribution is 2.62. The van der Waals surface area contributed by atoms with Gasteiger partial charge in [-0.25, -0.2) is 0 Å². The van der Waals surface area contributed by atoms with Crippen LogP contribution in [0.1, 0.15) is 33.1 Å². The van der Waals surface area contributed by atoms with Gasteiger partial charge in [0, 0.05) is 11.8 Å². The first-order valence-corrected chi connectivity index (χ1v) is 6.70. The third-order valence-electron chi connectivity index (χ3n) is 4.72. The van der Waals surface area contributed by atoms with Crippen molar-refractivity contribution in [3.8, 4) is 0 Å². The molecule has 0 aromatic heterocycles. The van der Waals surface area contributed by atoms with E-state index in [0.29, 0.717) is 12.8 Å². The lowest BCUT2D eigenvalue weighted by Gasteiger charge is -2.34. The smallest absolute Gasteiger partial charge is 0.307 e. The van der Waals surface area contributed by atoms with Gasteiger partial charge in [0.25, 0.3) is 0 Å². The molecule has 0 aliphatic heterocycles. The molecule has 0 saturated heterocycles. The van der Waals surface area contributed by atoms with Crippen LogP contribution in [0.2, 0.25) is 0 Å². The van der Waals surface area contributed by atoms with Gasteiger partial charge in [-0.1, -0.05) is 13.8 Å². The Balaban J connectivity index is 2.17. The van der Waals surface area contributed by atoms with Gasteiger partial charge in [-0.3, -0.25) is 14.4 Å². The molecule has 0 spiro atoms. The summed E-state index contributed by atoms with van der Waals surface area (Å²) in [5.41, 5.74) is -1.22. The Bertz CT molecular complexity index is 415. The monoisotopic (exact) mass is 272 g/mol. The molecule has 2 aliphatic rings. The van der Waals surface area contributed by atoms with Crippen LogP contribution in [0.3, 0.4) is 0 Å². The number of alkyl halides is 1. The second-order valence-electron chi connectivity index (χ2n) is 5.69. The summed E-state index contributed by atoms with van der Waals surface area (Å²) in [4.78, 5) is 35.3. The largest absolute Gasteiger partial charge is 0.465 e. The minimum atomic E-state index is -0.809. The normalized spacial score (nSPS) is 32.9. The predicted molar refractivity (Wildman–Crippen MR) is 65.2 cm³/mol. The Morgan fingerprint density at radius 3 is 2.61 bits per heavy atom. The maximum absolute atomic E-state index is 12.1. The average Bonchev–Trinajstić information content (AvgIpc) is 2.63. The van der Waals surface area contributed by atoms with Gasteiger partial charge < -0.3 is 4.74 Å². The summed E-state index contributed by atoms with van der Waals surface area (Å²) in [5.74, 6) is -1.07. The van der Waals surface area contributed by atoms with Crippen LogP contribution in [0.15, 0.2) is 0 Å². The number of hydrogen-bond acceptors (Lipinski definition) is 4. The Hall–Kier alpha value is -0.900. The second kappa shape index (κ2) is 4.34. The lowest BCUT2D eigenvalue weighted by molar-refractivity contribution is -0.153. The van der Waals surface area contributed by atoms with E-state index < -0.39 is 16.8 Å². The van der Waals surface area contributed by atoms with Crippen LogP contribution in [0.4, 0.5) is 0 Å². The van der Waals surface area contributed by atoms with E-state index in [1.165, 1.54) is 0 Å². The number of carbonyl (C=O) groups is 3. The number of ether oxygens (including phenoxy) is 1. The van der Waals surface area contributed by atoms with Crippen LogP contribution < -0.4 is 0 Å². The molecule has 5 heteroatoms. The molecule has 2 aliphatic carbocycles. The molecule has 18 heavy (non-hydrogen) atoms. The van der Waals surface area contributed by atoms with Crippen molar-refractivity contribution in [2.45, 2.75) is 33.1 Å². The summed E-state index contributed by atoms with van der Waals surface area (Å²) in [6, 6.07) is 0. The molecule has 0 N–H and O–H groups in total. The molecule has 0 amide bonds. The summed E-state index contributed by atoms with van der Waals surface area (Å²) >= 11 is 5.45. The Kier molecular flexibility index (Phi) is 3.26. The lowest BCUT2D eigenvalue weighted by Crippen LogP contribution is -2.42. The first kappa shape index (κ1) is 13.5.